The molecule has 1 aliphatic rings. The Morgan fingerprint density at radius 3 is 2.35 bits per heavy atom. The molecule has 1 unspecified atom stereocenters. The van der Waals surface area contributed by atoms with Crippen LogP contribution in [-0.2, 0) is 14.3 Å². The molecule has 1 atom stereocenters. The van der Waals surface area contributed by atoms with Gasteiger partial charge in [0.15, 0.2) is 0 Å². The molecule has 0 N–H and O–H groups in total. The van der Waals surface area contributed by atoms with Crippen LogP contribution in [0.3, 0.4) is 0 Å². The quantitative estimate of drug-likeness (QED) is 0.517. The number of carbonyl (C=O) groups excluding carboxylic acids is 2. The molecule has 1 amide bonds. The Morgan fingerprint density at radius 1 is 1.13 bits per heavy atom. The van der Waals surface area contributed by atoms with Gasteiger partial charge in [-0.25, -0.2) is 9.59 Å². The van der Waals surface area contributed by atoms with Crippen LogP contribution in [0.1, 0.15) is 79.1 Å². The molecule has 0 aromatic heterocycles. The van der Waals surface area contributed by atoms with Crippen molar-refractivity contribution >= 4 is 12.1 Å². The Labute approximate surface area is 140 Å². The second-order valence-corrected chi connectivity index (χ2v) is 7.42. The third-order valence-electron chi connectivity index (χ3n) is 4.36. The number of carbonyl (C=O) groups is 2. The van der Waals surface area contributed by atoms with Crippen LogP contribution < -0.4 is 0 Å². The summed E-state index contributed by atoms with van der Waals surface area (Å²) in [5.74, 6) is -0.309. The summed E-state index contributed by atoms with van der Waals surface area (Å²) in [6.45, 7) is 8.25. The van der Waals surface area contributed by atoms with E-state index in [1.165, 1.54) is 26.4 Å². The molecule has 0 spiro atoms. The number of amides is 1. The van der Waals surface area contributed by atoms with Gasteiger partial charge in [-0.2, -0.15) is 0 Å². The largest absolute Gasteiger partial charge is 0.467 e. The van der Waals surface area contributed by atoms with Gasteiger partial charge in [-0.1, -0.05) is 39.0 Å². The minimum absolute atomic E-state index is 0.309. The molecule has 1 rings (SSSR count). The number of methoxy groups -OCH3 is 1. The summed E-state index contributed by atoms with van der Waals surface area (Å²) in [4.78, 5) is 26.6. The molecule has 0 radical (unpaired) electrons. The minimum Gasteiger partial charge on any atom is -0.467 e. The zero-order valence-corrected chi connectivity index (χ0v) is 15.4. The van der Waals surface area contributed by atoms with Crippen LogP contribution in [0, 0.1) is 0 Å². The van der Waals surface area contributed by atoms with Gasteiger partial charge < -0.3 is 9.47 Å². The number of nitrogens with zero attached hydrogens (tertiary/aromatic N) is 1. The van der Waals surface area contributed by atoms with E-state index >= 15 is 0 Å². The maximum atomic E-state index is 12.5. The smallest absolute Gasteiger partial charge is 0.411 e. The number of unbranched alkanes of at least 4 members (excludes halogenated alkanes) is 4. The normalized spacial score (nSPS) is 21.3. The third kappa shape index (κ3) is 5.40. The van der Waals surface area contributed by atoms with Gasteiger partial charge in [-0.3, -0.25) is 4.90 Å². The predicted molar refractivity (Wildman–Crippen MR) is 90.3 cm³/mol. The summed E-state index contributed by atoms with van der Waals surface area (Å²) >= 11 is 0. The average Bonchev–Trinajstić information content (AvgIpc) is 2.89. The number of ether oxygens (including phenoxy) is 2. The first-order valence-electron chi connectivity index (χ1n) is 8.86. The second-order valence-electron chi connectivity index (χ2n) is 7.42. The number of rotatable bonds is 7. The van der Waals surface area contributed by atoms with Gasteiger partial charge in [0.1, 0.15) is 11.1 Å². The number of hydrogen-bond donors (Lipinski definition) is 0. The van der Waals surface area contributed by atoms with Crippen LogP contribution >= 0.6 is 0 Å². The molecule has 5 heteroatoms. The highest BCUT2D eigenvalue weighted by Gasteiger charge is 2.51. The summed E-state index contributed by atoms with van der Waals surface area (Å²) in [5, 5.41) is 0. The zero-order valence-electron chi connectivity index (χ0n) is 15.4. The molecule has 0 aromatic carbocycles. The molecule has 1 fully saturated rings. The van der Waals surface area contributed by atoms with E-state index in [2.05, 4.69) is 6.92 Å². The molecule has 134 valence electrons. The second kappa shape index (κ2) is 8.55. The van der Waals surface area contributed by atoms with Crippen molar-refractivity contribution in [3.05, 3.63) is 0 Å². The van der Waals surface area contributed by atoms with E-state index in [-0.39, 0.29) is 5.97 Å². The SMILES string of the molecule is CCCCCCCC1(C(=O)OC)CCCN1C(=O)OC(C)(C)C. The standard InChI is InChI=1S/C18H33NO4/c1-6-7-8-9-10-12-18(15(20)22-5)13-11-14-19(18)16(21)23-17(2,3)4/h6-14H2,1-5H3. The fraction of sp³-hybridized carbons (Fsp3) is 0.889. The van der Waals surface area contributed by atoms with E-state index in [9.17, 15) is 9.59 Å². The Balaban J connectivity index is 2.81. The van der Waals surface area contributed by atoms with Crippen molar-refractivity contribution in [1.82, 2.24) is 4.90 Å². The fourth-order valence-corrected chi connectivity index (χ4v) is 3.25. The topological polar surface area (TPSA) is 55.8 Å². The van der Waals surface area contributed by atoms with Crippen LogP contribution in [0.15, 0.2) is 0 Å². The van der Waals surface area contributed by atoms with Gasteiger partial charge in [0, 0.05) is 6.54 Å². The molecule has 1 saturated heterocycles. The van der Waals surface area contributed by atoms with Gasteiger partial charge in [-0.15, -0.1) is 0 Å². The Hall–Kier alpha value is -1.26. The lowest BCUT2D eigenvalue weighted by Gasteiger charge is -2.37. The highest BCUT2D eigenvalue weighted by Crippen LogP contribution is 2.36. The average molecular weight is 327 g/mol. The van der Waals surface area contributed by atoms with Crippen molar-refractivity contribution < 1.29 is 19.1 Å². The van der Waals surface area contributed by atoms with E-state index in [1.54, 1.807) is 4.90 Å². The van der Waals surface area contributed by atoms with Crippen molar-refractivity contribution in [3.63, 3.8) is 0 Å². The molecule has 5 nitrogen and oxygen atoms in total. The Kier molecular flexibility index (Phi) is 7.36. The summed E-state index contributed by atoms with van der Waals surface area (Å²) in [5.41, 5.74) is -1.41. The zero-order chi connectivity index (χ0) is 17.5. The van der Waals surface area contributed by atoms with E-state index in [4.69, 9.17) is 9.47 Å². The minimum atomic E-state index is -0.844. The molecular weight excluding hydrogens is 294 g/mol. The van der Waals surface area contributed by atoms with Crippen molar-refractivity contribution in [1.29, 1.82) is 0 Å². The Morgan fingerprint density at radius 2 is 1.78 bits per heavy atom. The summed E-state index contributed by atoms with van der Waals surface area (Å²) in [6, 6.07) is 0. The highest BCUT2D eigenvalue weighted by atomic mass is 16.6. The summed E-state index contributed by atoms with van der Waals surface area (Å²) in [6.07, 6.45) is 7.28. The summed E-state index contributed by atoms with van der Waals surface area (Å²) < 4.78 is 10.5. The summed E-state index contributed by atoms with van der Waals surface area (Å²) in [7, 11) is 1.40. The number of esters is 1. The van der Waals surface area contributed by atoms with Crippen LogP contribution in [0.5, 0.6) is 0 Å². The molecule has 0 saturated carbocycles. The lowest BCUT2D eigenvalue weighted by atomic mass is 9.89. The van der Waals surface area contributed by atoms with Gasteiger partial charge in [0.2, 0.25) is 0 Å². The maximum absolute atomic E-state index is 12.5. The van der Waals surface area contributed by atoms with Crippen molar-refractivity contribution in [2.75, 3.05) is 13.7 Å². The molecule has 0 bridgehead atoms. The predicted octanol–water partition coefficient (Wildman–Crippen LogP) is 4.29. The van der Waals surface area contributed by atoms with Gasteiger partial charge in [0.25, 0.3) is 0 Å². The number of likely N-dealkylation sites (tertiary alicyclic amines) is 1. The fourth-order valence-electron chi connectivity index (χ4n) is 3.25. The first-order chi connectivity index (χ1) is 10.8. The van der Waals surface area contributed by atoms with Gasteiger partial charge in [0.05, 0.1) is 7.11 Å². The van der Waals surface area contributed by atoms with Crippen LogP contribution in [0.25, 0.3) is 0 Å². The molecule has 0 aliphatic carbocycles. The number of hydrogen-bond acceptors (Lipinski definition) is 4. The van der Waals surface area contributed by atoms with E-state index in [1.807, 2.05) is 20.8 Å². The van der Waals surface area contributed by atoms with Crippen molar-refractivity contribution in [2.45, 2.75) is 90.2 Å². The van der Waals surface area contributed by atoms with Crippen molar-refractivity contribution in [2.24, 2.45) is 0 Å². The third-order valence-corrected chi connectivity index (χ3v) is 4.36. The first kappa shape index (κ1) is 19.8. The molecule has 1 aliphatic heterocycles. The van der Waals surface area contributed by atoms with E-state index in [0.29, 0.717) is 19.4 Å². The lowest BCUT2D eigenvalue weighted by Crippen LogP contribution is -2.54. The van der Waals surface area contributed by atoms with Crippen LogP contribution in [-0.4, -0.2) is 41.8 Å². The first-order valence-corrected chi connectivity index (χ1v) is 8.86. The maximum Gasteiger partial charge on any atom is 0.411 e. The van der Waals surface area contributed by atoms with Crippen molar-refractivity contribution in [3.8, 4) is 0 Å². The van der Waals surface area contributed by atoms with Crippen LogP contribution in [0.2, 0.25) is 0 Å². The van der Waals surface area contributed by atoms with Gasteiger partial charge >= 0.3 is 12.1 Å². The van der Waals surface area contributed by atoms with Crippen LogP contribution in [0.4, 0.5) is 4.79 Å². The van der Waals surface area contributed by atoms with Gasteiger partial charge in [-0.05, 0) is 40.0 Å². The molecule has 1 heterocycles. The van der Waals surface area contributed by atoms with E-state index < -0.39 is 17.2 Å². The monoisotopic (exact) mass is 327 g/mol. The molecule has 23 heavy (non-hydrogen) atoms. The lowest BCUT2D eigenvalue weighted by molar-refractivity contribution is -0.153. The van der Waals surface area contributed by atoms with E-state index in [0.717, 1.165) is 19.3 Å². The highest BCUT2D eigenvalue weighted by molar-refractivity contribution is 5.86. The molecule has 0 aromatic rings. The molecular formula is C18H33NO4. The Bertz CT molecular complexity index is 402.